The zero-order valence-corrected chi connectivity index (χ0v) is 16.9. The van der Waals surface area contributed by atoms with Gasteiger partial charge in [-0.05, 0) is 28.3 Å². The van der Waals surface area contributed by atoms with Crippen LogP contribution in [-0.4, -0.2) is 14.1 Å². The number of pyridine rings is 1. The lowest BCUT2D eigenvalue weighted by Gasteiger charge is -2.14. The maximum Gasteiger partial charge on any atom is 0.332 e. The summed E-state index contributed by atoms with van der Waals surface area (Å²) in [7, 11) is 3.17. The highest BCUT2D eigenvalue weighted by Gasteiger charge is 2.17. The number of thioether (sulfide) groups is 1. The summed E-state index contributed by atoms with van der Waals surface area (Å²) in [6.45, 7) is 2.05. The first-order valence-electron chi connectivity index (χ1n) is 9.20. The molecule has 0 aliphatic carbocycles. The van der Waals surface area contributed by atoms with E-state index >= 15 is 0 Å². The molecule has 2 heterocycles. The number of benzene rings is 2. The zero-order valence-electron chi connectivity index (χ0n) is 16.1. The molecule has 0 fully saturated rings. The molecular weight excluding hydrogens is 370 g/mol. The predicted molar refractivity (Wildman–Crippen MR) is 115 cm³/mol. The van der Waals surface area contributed by atoms with Gasteiger partial charge in [0, 0.05) is 30.9 Å². The van der Waals surface area contributed by atoms with Gasteiger partial charge >= 0.3 is 5.69 Å². The Labute approximate surface area is 166 Å². The minimum Gasteiger partial charge on any atom is -0.280 e. The number of nitrogens with zero attached hydrogens (tertiary/aromatic N) is 3. The second kappa shape index (κ2) is 7.28. The van der Waals surface area contributed by atoms with Crippen LogP contribution in [0, 0.1) is 0 Å². The van der Waals surface area contributed by atoms with E-state index in [1.165, 1.54) is 28.0 Å². The van der Waals surface area contributed by atoms with Crippen LogP contribution in [0.25, 0.3) is 21.8 Å². The molecule has 0 spiro atoms. The van der Waals surface area contributed by atoms with Crippen molar-refractivity contribution in [1.29, 1.82) is 0 Å². The molecule has 0 aliphatic heterocycles. The van der Waals surface area contributed by atoms with Crippen molar-refractivity contribution >= 4 is 33.6 Å². The summed E-state index contributed by atoms with van der Waals surface area (Å²) in [6.07, 6.45) is 2.56. The molecule has 0 saturated carbocycles. The Hall–Kier alpha value is -2.86. The van der Waals surface area contributed by atoms with E-state index in [4.69, 9.17) is 0 Å². The fraction of sp³-hybridized carbons (Fsp3) is 0.227. The third-order valence-electron chi connectivity index (χ3n) is 5.13. The summed E-state index contributed by atoms with van der Waals surface area (Å²) in [5.74, 6) is 0.736. The molecular formula is C22H21N3O2S. The van der Waals surface area contributed by atoms with Crippen molar-refractivity contribution in [3.05, 3.63) is 80.6 Å². The first-order valence-corrected chi connectivity index (χ1v) is 10.2. The first kappa shape index (κ1) is 18.5. The van der Waals surface area contributed by atoms with E-state index in [-0.39, 0.29) is 11.2 Å². The minimum absolute atomic E-state index is 0.290. The fourth-order valence-electron chi connectivity index (χ4n) is 3.53. The van der Waals surface area contributed by atoms with Crippen LogP contribution in [0.5, 0.6) is 0 Å². The van der Waals surface area contributed by atoms with Crippen LogP contribution in [0.1, 0.15) is 18.1 Å². The predicted octanol–water partition coefficient (Wildman–Crippen LogP) is 3.64. The van der Waals surface area contributed by atoms with Crippen LogP contribution in [0.2, 0.25) is 0 Å². The Morgan fingerprint density at radius 1 is 0.964 bits per heavy atom. The van der Waals surface area contributed by atoms with Crippen LogP contribution < -0.4 is 11.2 Å². The van der Waals surface area contributed by atoms with E-state index in [1.807, 2.05) is 12.1 Å². The van der Waals surface area contributed by atoms with Gasteiger partial charge in [0.25, 0.3) is 5.56 Å². The van der Waals surface area contributed by atoms with Gasteiger partial charge in [0.1, 0.15) is 5.65 Å². The molecule has 0 aliphatic rings. The molecule has 0 saturated heterocycles. The lowest BCUT2D eigenvalue weighted by molar-refractivity contribution is 0.705. The van der Waals surface area contributed by atoms with Crippen molar-refractivity contribution in [2.45, 2.75) is 24.0 Å². The molecule has 0 radical (unpaired) electrons. The van der Waals surface area contributed by atoms with Crippen molar-refractivity contribution in [2.75, 3.05) is 0 Å². The van der Waals surface area contributed by atoms with Crippen LogP contribution >= 0.6 is 11.8 Å². The van der Waals surface area contributed by atoms with E-state index in [2.05, 4.69) is 42.2 Å². The average Bonchev–Trinajstić information content (AvgIpc) is 2.73. The molecule has 0 amide bonds. The lowest BCUT2D eigenvalue weighted by Crippen LogP contribution is -2.37. The number of hydrogen-bond donors (Lipinski definition) is 0. The van der Waals surface area contributed by atoms with Crippen molar-refractivity contribution in [3.63, 3.8) is 0 Å². The smallest absolute Gasteiger partial charge is 0.280 e. The van der Waals surface area contributed by atoms with E-state index in [0.717, 1.165) is 27.2 Å². The maximum atomic E-state index is 12.9. The highest BCUT2D eigenvalue weighted by molar-refractivity contribution is 7.98. The molecule has 2 aromatic carbocycles. The van der Waals surface area contributed by atoms with Gasteiger partial charge in [-0.15, -0.1) is 11.8 Å². The van der Waals surface area contributed by atoms with Crippen molar-refractivity contribution in [1.82, 2.24) is 14.1 Å². The second-order valence-electron chi connectivity index (χ2n) is 6.80. The van der Waals surface area contributed by atoms with Gasteiger partial charge in [-0.25, -0.2) is 9.78 Å². The summed E-state index contributed by atoms with van der Waals surface area (Å²) < 4.78 is 2.60. The molecule has 4 aromatic rings. The molecule has 0 bridgehead atoms. The van der Waals surface area contributed by atoms with Gasteiger partial charge in [0.15, 0.2) is 0 Å². The van der Waals surface area contributed by atoms with Crippen LogP contribution in [0.4, 0.5) is 0 Å². The molecule has 2 aromatic heterocycles. The van der Waals surface area contributed by atoms with Gasteiger partial charge in [0.2, 0.25) is 0 Å². The SMILES string of the molecule is CCc1cnc2c(c1SCc1cccc3ccccc13)c(=O)n(C)c(=O)n2C. The summed E-state index contributed by atoms with van der Waals surface area (Å²) in [5, 5.41) is 2.94. The van der Waals surface area contributed by atoms with E-state index in [9.17, 15) is 9.59 Å². The highest BCUT2D eigenvalue weighted by Crippen LogP contribution is 2.32. The van der Waals surface area contributed by atoms with Crippen LogP contribution in [0.3, 0.4) is 0 Å². The number of fused-ring (bicyclic) bond motifs is 2. The van der Waals surface area contributed by atoms with E-state index in [1.54, 1.807) is 25.0 Å². The molecule has 142 valence electrons. The number of aryl methyl sites for hydroxylation is 2. The van der Waals surface area contributed by atoms with Crippen LogP contribution in [-0.2, 0) is 26.3 Å². The number of aromatic nitrogens is 3. The van der Waals surface area contributed by atoms with Gasteiger partial charge in [-0.3, -0.25) is 13.9 Å². The quantitative estimate of drug-likeness (QED) is 0.499. The lowest BCUT2D eigenvalue weighted by atomic mass is 10.1. The van der Waals surface area contributed by atoms with E-state index < -0.39 is 0 Å². The topological polar surface area (TPSA) is 56.9 Å². The largest absolute Gasteiger partial charge is 0.332 e. The minimum atomic E-state index is -0.362. The summed E-state index contributed by atoms with van der Waals surface area (Å²) >= 11 is 1.64. The summed E-state index contributed by atoms with van der Waals surface area (Å²) in [4.78, 5) is 30.5. The average molecular weight is 391 g/mol. The number of hydrogen-bond acceptors (Lipinski definition) is 4. The Balaban J connectivity index is 1.88. The monoisotopic (exact) mass is 391 g/mol. The highest BCUT2D eigenvalue weighted by atomic mass is 32.2. The second-order valence-corrected chi connectivity index (χ2v) is 7.78. The Bertz CT molecular complexity index is 1320. The molecule has 0 atom stereocenters. The van der Waals surface area contributed by atoms with Crippen molar-refractivity contribution in [2.24, 2.45) is 14.1 Å². The maximum absolute atomic E-state index is 12.9. The Kier molecular flexibility index (Phi) is 4.81. The third kappa shape index (κ3) is 2.94. The standard InChI is InChI=1S/C22H21N3O2S/c1-4-14-12-23-20-18(21(26)25(3)22(27)24(20)2)19(14)28-13-16-10-7-9-15-8-5-6-11-17(15)16/h5-12H,4,13H2,1-3H3. The molecule has 4 rings (SSSR count). The van der Waals surface area contributed by atoms with Gasteiger partial charge < -0.3 is 0 Å². The normalized spacial score (nSPS) is 11.4. The molecule has 28 heavy (non-hydrogen) atoms. The van der Waals surface area contributed by atoms with Gasteiger partial charge in [0.05, 0.1) is 5.39 Å². The van der Waals surface area contributed by atoms with Crippen molar-refractivity contribution in [3.8, 4) is 0 Å². The zero-order chi connectivity index (χ0) is 19.8. The molecule has 5 nitrogen and oxygen atoms in total. The Morgan fingerprint density at radius 2 is 1.71 bits per heavy atom. The first-order chi connectivity index (χ1) is 13.5. The third-order valence-corrected chi connectivity index (χ3v) is 6.34. The summed E-state index contributed by atoms with van der Waals surface area (Å²) in [5.41, 5.74) is 2.02. The van der Waals surface area contributed by atoms with Gasteiger partial charge in [-0.2, -0.15) is 0 Å². The summed E-state index contributed by atoms with van der Waals surface area (Å²) in [6, 6.07) is 14.6. The molecule has 0 unspecified atom stereocenters. The van der Waals surface area contributed by atoms with Crippen LogP contribution in [0.15, 0.2) is 63.1 Å². The fourth-order valence-corrected chi connectivity index (χ4v) is 4.78. The molecule has 6 heteroatoms. The molecule has 0 N–H and O–H groups in total. The van der Waals surface area contributed by atoms with Gasteiger partial charge in [-0.1, -0.05) is 49.4 Å². The number of rotatable bonds is 4. The van der Waals surface area contributed by atoms with E-state index in [0.29, 0.717) is 11.0 Å². The Morgan fingerprint density at radius 3 is 2.50 bits per heavy atom. The van der Waals surface area contributed by atoms with Crippen molar-refractivity contribution < 1.29 is 0 Å².